The smallest absolute Gasteiger partial charge is 0.0117 e. The van der Waals surface area contributed by atoms with Gasteiger partial charge in [-0.3, -0.25) is 0 Å². The number of allylic oxidation sites excluding steroid dienone is 2. The van der Waals surface area contributed by atoms with Gasteiger partial charge in [-0.2, -0.15) is 0 Å². The molecule has 0 saturated carbocycles. The molecule has 0 unspecified atom stereocenters. The van der Waals surface area contributed by atoms with Crippen molar-refractivity contribution in [2.24, 2.45) is 0 Å². The lowest BCUT2D eigenvalue weighted by molar-refractivity contribution is 0.632. The topological polar surface area (TPSA) is 0 Å². The van der Waals surface area contributed by atoms with Gasteiger partial charge in [0.2, 0.25) is 0 Å². The number of rotatable bonds is 0. The Morgan fingerprint density at radius 1 is 0.647 bits per heavy atom. The Morgan fingerprint density at radius 2 is 1.12 bits per heavy atom. The van der Waals surface area contributed by atoms with Crippen LogP contribution in [0.1, 0.15) is 61.1 Å². The van der Waals surface area contributed by atoms with E-state index in [1.165, 1.54) is 39.0 Å². The van der Waals surface area contributed by atoms with E-state index in [2.05, 4.69) is 55.4 Å². The van der Waals surface area contributed by atoms with Crippen LogP contribution >= 0.6 is 0 Å². The molecule has 2 rings (SSSR count). The van der Waals surface area contributed by atoms with Gasteiger partial charge in [-0.1, -0.05) is 19.4 Å². The van der Waals surface area contributed by atoms with E-state index in [1.807, 2.05) is 0 Å². The summed E-state index contributed by atoms with van der Waals surface area (Å²) in [7, 11) is 0. The summed E-state index contributed by atoms with van der Waals surface area (Å²) in [4.78, 5) is 0. The summed E-state index contributed by atoms with van der Waals surface area (Å²) in [5, 5.41) is 0. The van der Waals surface area contributed by atoms with Crippen molar-refractivity contribution in [3.63, 3.8) is 0 Å². The molecule has 17 heavy (non-hydrogen) atoms. The lowest BCUT2D eigenvalue weighted by Gasteiger charge is -2.27. The van der Waals surface area contributed by atoms with Crippen molar-refractivity contribution in [2.75, 3.05) is 0 Å². The van der Waals surface area contributed by atoms with Gasteiger partial charge >= 0.3 is 0 Å². The molecular formula is C17H24. The van der Waals surface area contributed by atoms with Gasteiger partial charge in [0.05, 0.1) is 0 Å². The molecule has 0 atom stereocenters. The quantitative estimate of drug-likeness (QED) is 0.586. The van der Waals surface area contributed by atoms with Gasteiger partial charge in [-0.25, -0.2) is 0 Å². The van der Waals surface area contributed by atoms with Crippen LogP contribution in [0, 0.1) is 27.7 Å². The van der Waals surface area contributed by atoms with E-state index in [0.29, 0.717) is 0 Å². The maximum atomic E-state index is 2.36. The molecular weight excluding hydrogens is 204 g/mol. The number of fused-ring (bicyclic) bond motifs is 1. The van der Waals surface area contributed by atoms with E-state index in [-0.39, 0.29) is 5.41 Å². The van der Waals surface area contributed by atoms with Crippen LogP contribution in [0.2, 0.25) is 0 Å². The molecule has 0 heteroatoms. The zero-order valence-corrected chi connectivity index (χ0v) is 12.5. The second kappa shape index (κ2) is 3.48. The minimum atomic E-state index is 0.201. The highest BCUT2D eigenvalue weighted by atomic mass is 14.4. The van der Waals surface area contributed by atoms with Crippen LogP contribution in [-0.2, 0) is 5.41 Å². The summed E-state index contributed by atoms with van der Waals surface area (Å²) in [6, 6.07) is 0. The van der Waals surface area contributed by atoms with Crippen LogP contribution in [0.15, 0.2) is 5.57 Å². The Labute approximate surface area is 106 Å². The van der Waals surface area contributed by atoms with Crippen molar-refractivity contribution in [2.45, 2.75) is 60.8 Å². The van der Waals surface area contributed by atoms with Gasteiger partial charge in [-0.15, -0.1) is 0 Å². The summed E-state index contributed by atoms with van der Waals surface area (Å²) >= 11 is 0. The Bertz CT molecular complexity index is 540. The molecule has 0 spiro atoms. The van der Waals surface area contributed by atoms with E-state index in [0.717, 1.165) is 0 Å². The van der Waals surface area contributed by atoms with Crippen molar-refractivity contribution in [1.82, 2.24) is 0 Å². The molecule has 0 nitrogen and oxygen atoms in total. The van der Waals surface area contributed by atoms with Crippen molar-refractivity contribution in [3.05, 3.63) is 39.0 Å². The van der Waals surface area contributed by atoms with Gasteiger partial charge < -0.3 is 0 Å². The summed E-state index contributed by atoms with van der Waals surface area (Å²) < 4.78 is 0. The summed E-state index contributed by atoms with van der Waals surface area (Å²) in [6.07, 6.45) is 0. The van der Waals surface area contributed by atoms with E-state index in [1.54, 1.807) is 5.56 Å². The number of hydrogen-bond donors (Lipinski definition) is 0. The minimum absolute atomic E-state index is 0.201. The monoisotopic (exact) mass is 228 g/mol. The molecule has 0 bridgehead atoms. The third kappa shape index (κ3) is 1.36. The number of benzene rings is 1. The summed E-state index contributed by atoms with van der Waals surface area (Å²) in [5.74, 6) is 0. The van der Waals surface area contributed by atoms with Crippen LogP contribution in [0.5, 0.6) is 0 Å². The molecule has 0 radical (unpaired) electrons. The first-order valence-electron chi connectivity index (χ1n) is 6.50. The third-order valence-corrected chi connectivity index (χ3v) is 5.19. The molecule has 0 fully saturated rings. The van der Waals surface area contributed by atoms with Crippen LogP contribution in [0.4, 0.5) is 0 Å². The minimum Gasteiger partial charge on any atom is -0.0597 e. The van der Waals surface area contributed by atoms with Crippen molar-refractivity contribution < 1.29 is 0 Å². The third-order valence-electron chi connectivity index (χ3n) is 5.19. The fraction of sp³-hybridized carbons (Fsp3) is 0.529. The molecule has 0 heterocycles. The molecule has 0 aliphatic heterocycles. The van der Waals surface area contributed by atoms with Crippen LogP contribution in [0.25, 0.3) is 5.57 Å². The SMILES string of the molecule is CC1=C(C)C(C)(C)c2c(C)c(C)c(C)c(C)c21. The lowest BCUT2D eigenvalue weighted by atomic mass is 9.77. The van der Waals surface area contributed by atoms with Crippen LogP contribution < -0.4 is 0 Å². The van der Waals surface area contributed by atoms with Gasteiger partial charge in [0.1, 0.15) is 0 Å². The Balaban J connectivity index is 2.96. The van der Waals surface area contributed by atoms with Crippen LogP contribution in [0.3, 0.4) is 0 Å². The fourth-order valence-electron chi connectivity index (χ4n) is 3.41. The Kier molecular flexibility index (Phi) is 2.54. The normalized spacial score (nSPS) is 17.6. The maximum Gasteiger partial charge on any atom is 0.0117 e. The largest absolute Gasteiger partial charge is 0.0597 e. The second-order valence-electron chi connectivity index (χ2n) is 6.12. The first-order valence-corrected chi connectivity index (χ1v) is 6.50. The predicted octanol–water partition coefficient (Wildman–Crippen LogP) is 5.00. The highest BCUT2D eigenvalue weighted by Gasteiger charge is 2.36. The second-order valence-corrected chi connectivity index (χ2v) is 6.12. The molecule has 0 saturated heterocycles. The Morgan fingerprint density at radius 3 is 1.65 bits per heavy atom. The van der Waals surface area contributed by atoms with Crippen molar-refractivity contribution in [1.29, 1.82) is 0 Å². The molecule has 92 valence electrons. The zero-order chi connectivity index (χ0) is 13.1. The molecule has 1 aromatic carbocycles. The zero-order valence-electron chi connectivity index (χ0n) is 12.5. The standard InChI is InChI=1S/C17H24/c1-9-10(2)12(4)16-15(11(9)3)13(5)14(6)17(16,7)8/h1-8H3. The average molecular weight is 228 g/mol. The molecule has 0 aromatic heterocycles. The first-order chi connectivity index (χ1) is 7.71. The van der Waals surface area contributed by atoms with Gasteiger partial charge in [0.15, 0.2) is 0 Å². The number of hydrogen-bond acceptors (Lipinski definition) is 0. The fourth-order valence-corrected chi connectivity index (χ4v) is 3.41. The Hall–Kier alpha value is -1.04. The maximum absolute atomic E-state index is 2.36. The summed E-state index contributed by atoms with van der Waals surface area (Å²) in [6.45, 7) is 18.4. The first kappa shape index (κ1) is 12.4. The molecule has 0 amide bonds. The highest BCUT2D eigenvalue weighted by Crippen LogP contribution is 2.49. The van der Waals surface area contributed by atoms with Crippen molar-refractivity contribution >= 4 is 5.57 Å². The van der Waals surface area contributed by atoms with E-state index in [4.69, 9.17) is 0 Å². The highest BCUT2D eigenvalue weighted by molar-refractivity contribution is 5.82. The average Bonchev–Trinajstić information content (AvgIpc) is 2.44. The molecule has 1 aliphatic carbocycles. The summed E-state index contributed by atoms with van der Waals surface area (Å²) in [5.41, 5.74) is 12.2. The molecule has 1 aromatic rings. The van der Waals surface area contributed by atoms with Crippen molar-refractivity contribution in [3.8, 4) is 0 Å². The van der Waals surface area contributed by atoms with Crippen LogP contribution in [-0.4, -0.2) is 0 Å². The molecule has 1 aliphatic rings. The lowest BCUT2D eigenvalue weighted by Crippen LogP contribution is -2.18. The van der Waals surface area contributed by atoms with E-state index < -0.39 is 0 Å². The van der Waals surface area contributed by atoms with E-state index >= 15 is 0 Å². The molecule has 0 N–H and O–H groups in total. The van der Waals surface area contributed by atoms with E-state index in [9.17, 15) is 0 Å². The van der Waals surface area contributed by atoms with Gasteiger partial charge in [0.25, 0.3) is 0 Å². The predicted molar refractivity (Wildman–Crippen MR) is 76.7 cm³/mol. The van der Waals surface area contributed by atoms with Gasteiger partial charge in [0, 0.05) is 5.41 Å². The van der Waals surface area contributed by atoms with Gasteiger partial charge in [-0.05, 0) is 80.5 Å².